The van der Waals surface area contributed by atoms with Crippen LogP contribution in [0.4, 0.5) is 0 Å². The number of carbonyl (C=O) groups is 2. The topological polar surface area (TPSA) is 52.7 Å². The molecule has 1 saturated heterocycles. The van der Waals surface area contributed by atoms with Crippen molar-refractivity contribution >= 4 is 11.8 Å². The number of likely N-dealkylation sites (N-methyl/N-ethyl adjacent to an activating group) is 1. The molecule has 1 aliphatic heterocycles. The van der Waals surface area contributed by atoms with E-state index >= 15 is 0 Å². The van der Waals surface area contributed by atoms with Crippen LogP contribution in [0.5, 0.6) is 0 Å². The maximum absolute atomic E-state index is 12.0. The summed E-state index contributed by atoms with van der Waals surface area (Å²) >= 11 is 0. The minimum absolute atomic E-state index is 0.0206. The van der Waals surface area contributed by atoms with E-state index in [1.807, 2.05) is 0 Å². The summed E-state index contributed by atoms with van der Waals surface area (Å²) in [4.78, 5) is 27.8. The molecule has 0 bridgehead atoms. The first-order valence-electron chi connectivity index (χ1n) is 7.79. The maximum atomic E-state index is 12.0. The van der Waals surface area contributed by atoms with Gasteiger partial charge in [0.05, 0.1) is 6.54 Å². The minimum atomic E-state index is -0.0206. The van der Waals surface area contributed by atoms with E-state index in [2.05, 4.69) is 24.3 Å². The zero-order valence-electron chi connectivity index (χ0n) is 12.7. The molecule has 1 N–H and O–H groups in total. The fourth-order valence-corrected chi connectivity index (χ4v) is 2.91. The third kappa shape index (κ3) is 4.47. The van der Waals surface area contributed by atoms with E-state index in [1.54, 1.807) is 4.90 Å². The predicted octanol–water partition coefficient (Wildman–Crippen LogP) is 0.845. The fraction of sp³-hybridized carbons (Fsp3) is 0.867. The van der Waals surface area contributed by atoms with Crippen LogP contribution in [0, 0.1) is 5.92 Å². The average molecular weight is 281 g/mol. The zero-order valence-corrected chi connectivity index (χ0v) is 12.7. The van der Waals surface area contributed by atoms with Crippen molar-refractivity contribution in [3.8, 4) is 0 Å². The van der Waals surface area contributed by atoms with Crippen molar-refractivity contribution in [1.82, 2.24) is 15.1 Å². The largest absolute Gasteiger partial charge is 0.353 e. The van der Waals surface area contributed by atoms with Crippen molar-refractivity contribution in [2.75, 3.05) is 33.7 Å². The van der Waals surface area contributed by atoms with E-state index < -0.39 is 0 Å². The Bertz CT molecular complexity index is 351. The van der Waals surface area contributed by atoms with Gasteiger partial charge in [0.25, 0.3) is 0 Å². The van der Waals surface area contributed by atoms with Crippen LogP contribution in [0.1, 0.15) is 38.5 Å². The quantitative estimate of drug-likeness (QED) is 0.785. The van der Waals surface area contributed by atoms with Crippen LogP contribution in [-0.4, -0.2) is 61.4 Å². The first-order valence-corrected chi connectivity index (χ1v) is 7.79. The molecule has 0 aromatic rings. The van der Waals surface area contributed by atoms with Gasteiger partial charge in [-0.3, -0.25) is 9.59 Å². The third-order valence-electron chi connectivity index (χ3n) is 4.34. The molecule has 0 aromatic heterocycles. The number of likely N-dealkylation sites (tertiary alicyclic amines) is 1. The number of carbonyl (C=O) groups excluding carboxylic acids is 2. The molecule has 2 aliphatic rings. The molecular weight excluding hydrogens is 254 g/mol. The molecule has 0 radical (unpaired) electrons. The van der Waals surface area contributed by atoms with Crippen molar-refractivity contribution in [2.45, 2.75) is 44.6 Å². The van der Waals surface area contributed by atoms with E-state index in [0.717, 1.165) is 31.7 Å². The second-order valence-electron chi connectivity index (χ2n) is 6.30. The summed E-state index contributed by atoms with van der Waals surface area (Å²) in [6, 6.07) is 0.429. The Morgan fingerprint density at radius 3 is 2.75 bits per heavy atom. The first kappa shape index (κ1) is 15.3. The normalized spacial score (nSPS) is 21.8. The van der Waals surface area contributed by atoms with Gasteiger partial charge in [0.15, 0.2) is 0 Å². The van der Waals surface area contributed by atoms with Crippen molar-refractivity contribution in [2.24, 2.45) is 5.92 Å². The Kier molecular flexibility index (Phi) is 5.40. The monoisotopic (exact) mass is 281 g/mol. The summed E-state index contributed by atoms with van der Waals surface area (Å²) < 4.78 is 0. The van der Waals surface area contributed by atoms with E-state index in [9.17, 15) is 9.59 Å². The Balaban J connectivity index is 1.75. The van der Waals surface area contributed by atoms with Crippen molar-refractivity contribution in [3.63, 3.8) is 0 Å². The minimum Gasteiger partial charge on any atom is -0.353 e. The number of hydrogen-bond donors (Lipinski definition) is 1. The third-order valence-corrected chi connectivity index (χ3v) is 4.34. The Labute approximate surface area is 121 Å². The molecule has 2 fully saturated rings. The molecule has 5 heteroatoms. The Morgan fingerprint density at radius 2 is 2.10 bits per heavy atom. The fourth-order valence-electron chi connectivity index (χ4n) is 2.91. The second kappa shape index (κ2) is 7.07. The van der Waals surface area contributed by atoms with Gasteiger partial charge >= 0.3 is 0 Å². The lowest BCUT2D eigenvalue weighted by atomic mass is 10.1. The molecule has 1 aliphatic carbocycles. The molecule has 0 unspecified atom stereocenters. The van der Waals surface area contributed by atoms with Crippen LogP contribution in [-0.2, 0) is 9.59 Å². The van der Waals surface area contributed by atoms with Crippen LogP contribution in [0.25, 0.3) is 0 Å². The van der Waals surface area contributed by atoms with Crippen LogP contribution in [0.2, 0.25) is 0 Å². The lowest BCUT2D eigenvalue weighted by Crippen LogP contribution is -2.46. The first-order chi connectivity index (χ1) is 9.58. The summed E-state index contributed by atoms with van der Waals surface area (Å²) in [5.41, 5.74) is 0. The summed E-state index contributed by atoms with van der Waals surface area (Å²) in [6.45, 7) is 1.65. The lowest BCUT2D eigenvalue weighted by molar-refractivity contribution is -0.135. The highest BCUT2D eigenvalue weighted by atomic mass is 16.2. The molecule has 1 atom stereocenters. The number of rotatable bonds is 6. The van der Waals surface area contributed by atoms with Crippen molar-refractivity contribution in [3.05, 3.63) is 0 Å². The molecule has 2 amide bonds. The van der Waals surface area contributed by atoms with Gasteiger partial charge in [0.2, 0.25) is 11.8 Å². The van der Waals surface area contributed by atoms with Crippen LogP contribution >= 0.6 is 0 Å². The molecular formula is C15H27N3O2. The second-order valence-corrected chi connectivity index (χ2v) is 6.30. The molecule has 0 spiro atoms. The molecule has 1 heterocycles. The maximum Gasteiger partial charge on any atom is 0.239 e. The van der Waals surface area contributed by atoms with Gasteiger partial charge in [-0.15, -0.1) is 0 Å². The van der Waals surface area contributed by atoms with Gasteiger partial charge in [-0.1, -0.05) is 6.42 Å². The number of nitrogens with zero attached hydrogens (tertiary/aromatic N) is 2. The standard InChI is InChI=1S/C15H27N3O2/c1-17(2)13(12-7-8-12)10-16-14(19)11-18-9-5-3-4-6-15(18)20/h12-13H,3-11H2,1-2H3,(H,16,19)/t13-/m0/s1. The molecule has 5 nitrogen and oxygen atoms in total. The molecule has 0 aromatic carbocycles. The van der Waals surface area contributed by atoms with Crippen LogP contribution in [0.15, 0.2) is 0 Å². The summed E-state index contributed by atoms with van der Waals surface area (Å²) in [5, 5.41) is 3.00. The summed E-state index contributed by atoms with van der Waals surface area (Å²) in [6.07, 6.45) is 6.19. The van der Waals surface area contributed by atoms with Gasteiger partial charge in [-0.2, -0.15) is 0 Å². The predicted molar refractivity (Wildman–Crippen MR) is 78.3 cm³/mol. The van der Waals surface area contributed by atoms with E-state index in [1.165, 1.54) is 12.8 Å². The zero-order chi connectivity index (χ0) is 14.5. The SMILES string of the molecule is CN(C)[C@@H](CNC(=O)CN1CCCCCC1=O)C1CC1. The highest BCUT2D eigenvalue weighted by Gasteiger charge is 2.32. The van der Waals surface area contributed by atoms with Crippen LogP contribution in [0.3, 0.4) is 0 Å². The van der Waals surface area contributed by atoms with E-state index in [4.69, 9.17) is 0 Å². The van der Waals surface area contributed by atoms with Crippen molar-refractivity contribution < 1.29 is 9.59 Å². The highest BCUT2D eigenvalue weighted by Crippen LogP contribution is 2.34. The molecule has 2 rings (SSSR count). The molecule has 1 saturated carbocycles. The number of amides is 2. The Morgan fingerprint density at radius 1 is 1.35 bits per heavy atom. The van der Waals surface area contributed by atoms with Gasteiger partial charge in [0.1, 0.15) is 0 Å². The average Bonchev–Trinajstić information content (AvgIpc) is 3.20. The summed E-state index contributed by atoms with van der Waals surface area (Å²) in [7, 11) is 4.13. The molecule has 114 valence electrons. The number of nitrogens with one attached hydrogen (secondary N) is 1. The van der Waals surface area contributed by atoms with Gasteiger partial charge < -0.3 is 15.1 Å². The van der Waals surface area contributed by atoms with Crippen LogP contribution < -0.4 is 5.32 Å². The van der Waals surface area contributed by atoms with Gasteiger partial charge in [-0.05, 0) is 45.7 Å². The smallest absolute Gasteiger partial charge is 0.239 e. The van der Waals surface area contributed by atoms with Gasteiger partial charge in [-0.25, -0.2) is 0 Å². The van der Waals surface area contributed by atoms with Crippen molar-refractivity contribution in [1.29, 1.82) is 0 Å². The molecule has 20 heavy (non-hydrogen) atoms. The Hall–Kier alpha value is -1.10. The van der Waals surface area contributed by atoms with Gasteiger partial charge in [0, 0.05) is 25.6 Å². The van der Waals surface area contributed by atoms with E-state index in [-0.39, 0.29) is 18.4 Å². The summed E-state index contributed by atoms with van der Waals surface area (Å²) in [5.74, 6) is 0.835. The van der Waals surface area contributed by atoms with E-state index in [0.29, 0.717) is 19.0 Å². The number of hydrogen-bond acceptors (Lipinski definition) is 3. The lowest BCUT2D eigenvalue weighted by Gasteiger charge is -2.25. The highest BCUT2D eigenvalue weighted by molar-refractivity contribution is 5.84.